The standard InChI is InChI=1S/C9H15ClF3NO/c1-8(2,6-10)7(15)14-5-3-4-9(11,12)13/h3-6H2,1-2H3,(H,14,15). The molecule has 0 bridgehead atoms. The molecule has 6 heteroatoms. The summed E-state index contributed by atoms with van der Waals surface area (Å²) in [6.45, 7) is 3.30. The van der Waals surface area contributed by atoms with E-state index in [9.17, 15) is 18.0 Å². The van der Waals surface area contributed by atoms with Crippen LogP contribution in [0.1, 0.15) is 26.7 Å². The van der Waals surface area contributed by atoms with Gasteiger partial charge >= 0.3 is 6.18 Å². The van der Waals surface area contributed by atoms with Gasteiger partial charge < -0.3 is 5.32 Å². The zero-order valence-corrected chi connectivity index (χ0v) is 9.50. The van der Waals surface area contributed by atoms with Gasteiger partial charge in [0.15, 0.2) is 0 Å². The highest BCUT2D eigenvalue weighted by Crippen LogP contribution is 2.21. The SMILES string of the molecule is CC(C)(CCl)C(=O)NCCCC(F)(F)F. The molecular weight excluding hydrogens is 231 g/mol. The maximum atomic E-state index is 11.7. The van der Waals surface area contributed by atoms with Crippen molar-refractivity contribution in [3.63, 3.8) is 0 Å². The Morgan fingerprint density at radius 1 is 1.33 bits per heavy atom. The second kappa shape index (κ2) is 5.58. The summed E-state index contributed by atoms with van der Waals surface area (Å²) >= 11 is 5.53. The minimum atomic E-state index is -4.16. The molecule has 1 N–H and O–H groups in total. The van der Waals surface area contributed by atoms with E-state index in [-0.39, 0.29) is 24.8 Å². The fraction of sp³-hybridized carbons (Fsp3) is 0.889. The van der Waals surface area contributed by atoms with Gasteiger partial charge in [-0.3, -0.25) is 4.79 Å². The van der Waals surface area contributed by atoms with Crippen molar-refractivity contribution in [1.29, 1.82) is 0 Å². The van der Waals surface area contributed by atoms with Crippen LogP contribution < -0.4 is 5.32 Å². The number of halogens is 4. The molecule has 0 unspecified atom stereocenters. The first kappa shape index (κ1) is 14.6. The van der Waals surface area contributed by atoms with E-state index in [1.165, 1.54) is 0 Å². The molecule has 0 spiro atoms. The highest BCUT2D eigenvalue weighted by atomic mass is 35.5. The molecule has 0 aromatic carbocycles. The van der Waals surface area contributed by atoms with E-state index in [0.717, 1.165) is 0 Å². The van der Waals surface area contributed by atoms with E-state index in [2.05, 4.69) is 5.32 Å². The lowest BCUT2D eigenvalue weighted by molar-refractivity contribution is -0.137. The Labute approximate surface area is 92.2 Å². The third-order valence-electron chi connectivity index (χ3n) is 1.87. The first-order chi connectivity index (χ1) is 6.69. The van der Waals surface area contributed by atoms with Crippen LogP contribution in [0.25, 0.3) is 0 Å². The number of carbonyl (C=O) groups excluding carboxylic acids is 1. The Morgan fingerprint density at radius 3 is 2.27 bits per heavy atom. The first-order valence-corrected chi connectivity index (χ1v) is 5.13. The van der Waals surface area contributed by atoms with Gasteiger partial charge in [0.2, 0.25) is 5.91 Å². The van der Waals surface area contributed by atoms with E-state index in [0.29, 0.717) is 0 Å². The average molecular weight is 246 g/mol. The lowest BCUT2D eigenvalue weighted by atomic mass is 9.95. The molecule has 2 nitrogen and oxygen atoms in total. The molecule has 0 heterocycles. The Bertz CT molecular complexity index is 216. The Hall–Kier alpha value is -0.450. The number of hydrogen-bond acceptors (Lipinski definition) is 1. The van der Waals surface area contributed by atoms with Crippen LogP contribution in [0.4, 0.5) is 13.2 Å². The van der Waals surface area contributed by atoms with Gasteiger partial charge in [-0.1, -0.05) is 0 Å². The smallest absolute Gasteiger partial charge is 0.356 e. The molecular formula is C9H15ClF3NO. The molecule has 0 aliphatic rings. The molecule has 0 rings (SSSR count). The summed E-state index contributed by atoms with van der Waals surface area (Å²) in [7, 11) is 0. The van der Waals surface area contributed by atoms with Crippen LogP contribution >= 0.6 is 11.6 Å². The Kier molecular flexibility index (Phi) is 5.42. The van der Waals surface area contributed by atoms with Gasteiger partial charge in [-0.2, -0.15) is 13.2 Å². The largest absolute Gasteiger partial charge is 0.389 e. The maximum Gasteiger partial charge on any atom is 0.389 e. The second-order valence-electron chi connectivity index (χ2n) is 3.99. The van der Waals surface area contributed by atoms with Crippen molar-refractivity contribution in [2.24, 2.45) is 5.41 Å². The minimum Gasteiger partial charge on any atom is -0.356 e. The highest BCUT2D eigenvalue weighted by molar-refractivity contribution is 6.19. The van der Waals surface area contributed by atoms with Crippen LogP contribution in [-0.4, -0.2) is 24.5 Å². The van der Waals surface area contributed by atoms with Gasteiger partial charge in [0, 0.05) is 18.8 Å². The third-order valence-corrected chi connectivity index (χ3v) is 2.54. The van der Waals surface area contributed by atoms with Gasteiger partial charge in [0.1, 0.15) is 0 Å². The Morgan fingerprint density at radius 2 is 1.87 bits per heavy atom. The van der Waals surface area contributed by atoms with Crippen LogP contribution in [0, 0.1) is 5.41 Å². The molecule has 0 atom stereocenters. The van der Waals surface area contributed by atoms with Crippen LogP contribution in [0.15, 0.2) is 0 Å². The van der Waals surface area contributed by atoms with Crippen molar-refractivity contribution < 1.29 is 18.0 Å². The molecule has 0 aliphatic carbocycles. The lowest BCUT2D eigenvalue weighted by Gasteiger charge is -2.20. The first-order valence-electron chi connectivity index (χ1n) is 4.60. The van der Waals surface area contributed by atoms with Crippen LogP contribution in [0.5, 0.6) is 0 Å². The number of nitrogens with one attached hydrogen (secondary N) is 1. The van der Waals surface area contributed by atoms with Crippen molar-refractivity contribution in [2.45, 2.75) is 32.9 Å². The summed E-state index contributed by atoms with van der Waals surface area (Å²) in [5.41, 5.74) is -0.736. The molecule has 90 valence electrons. The monoisotopic (exact) mass is 245 g/mol. The van der Waals surface area contributed by atoms with Gasteiger partial charge in [-0.05, 0) is 20.3 Å². The van der Waals surface area contributed by atoms with Gasteiger partial charge in [0.25, 0.3) is 0 Å². The molecule has 1 amide bonds. The van der Waals surface area contributed by atoms with Crippen LogP contribution in [-0.2, 0) is 4.79 Å². The molecule has 0 aromatic heterocycles. The van der Waals surface area contributed by atoms with E-state index >= 15 is 0 Å². The van der Waals surface area contributed by atoms with E-state index in [1.54, 1.807) is 13.8 Å². The van der Waals surface area contributed by atoms with Crippen molar-refractivity contribution in [2.75, 3.05) is 12.4 Å². The summed E-state index contributed by atoms with van der Waals surface area (Å²) in [4.78, 5) is 11.3. The van der Waals surface area contributed by atoms with Crippen molar-refractivity contribution in [3.05, 3.63) is 0 Å². The molecule has 0 saturated carbocycles. The van der Waals surface area contributed by atoms with E-state index < -0.39 is 18.0 Å². The van der Waals surface area contributed by atoms with Gasteiger partial charge in [-0.25, -0.2) is 0 Å². The minimum absolute atomic E-state index is 0.0265. The molecule has 0 aromatic rings. The molecule has 15 heavy (non-hydrogen) atoms. The maximum absolute atomic E-state index is 11.7. The lowest BCUT2D eigenvalue weighted by Crippen LogP contribution is -2.38. The van der Waals surface area contributed by atoms with Crippen molar-refractivity contribution in [1.82, 2.24) is 5.32 Å². The number of hydrogen-bond donors (Lipinski definition) is 1. The average Bonchev–Trinajstić information content (AvgIpc) is 2.10. The summed E-state index contributed by atoms with van der Waals surface area (Å²) in [6, 6.07) is 0. The topological polar surface area (TPSA) is 29.1 Å². The van der Waals surface area contributed by atoms with E-state index in [1.807, 2.05) is 0 Å². The van der Waals surface area contributed by atoms with Gasteiger partial charge in [-0.15, -0.1) is 11.6 Å². The third kappa shape index (κ3) is 6.60. The summed E-state index contributed by atoms with van der Waals surface area (Å²) < 4.78 is 35.2. The summed E-state index contributed by atoms with van der Waals surface area (Å²) in [6.07, 6.45) is -5.14. The predicted octanol–water partition coefficient (Wildman–Crippen LogP) is 2.71. The molecule has 0 fully saturated rings. The zero-order valence-electron chi connectivity index (χ0n) is 8.75. The zero-order chi connectivity index (χ0) is 12.1. The normalized spacial score (nSPS) is 12.7. The van der Waals surface area contributed by atoms with Gasteiger partial charge in [0.05, 0.1) is 5.41 Å². The van der Waals surface area contributed by atoms with Crippen molar-refractivity contribution >= 4 is 17.5 Å². The highest BCUT2D eigenvalue weighted by Gasteiger charge is 2.28. The number of carbonyl (C=O) groups is 1. The molecule has 0 saturated heterocycles. The quantitative estimate of drug-likeness (QED) is 0.586. The second-order valence-corrected chi connectivity index (χ2v) is 4.26. The van der Waals surface area contributed by atoms with Crippen LogP contribution in [0.3, 0.4) is 0 Å². The predicted molar refractivity (Wildman–Crippen MR) is 52.8 cm³/mol. The Balaban J connectivity index is 3.74. The fourth-order valence-corrected chi connectivity index (χ4v) is 0.912. The molecule has 0 aliphatic heterocycles. The van der Waals surface area contributed by atoms with Crippen molar-refractivity contribution in [3.8, 4) is 0 Å². The van der Waals surface area contributed by atoms with Crippen LogP contribution in [0.2, 0.25) is 0 Å². The summed E-state index contributed by atoms with van der Waals surface area (Å²) in [5, 5.41) is 2.42. The number of rotatable bonds is 5. The number of alkyl halides is 4. The van der Waals surface area contributed by atoms with E-state index in [4.69, 9.17) is 11.6 Å². The fourth-order valence-electron chi connectivity index (χ4n) is 0.791. The summed E-state index contributed by atoms with van der Waals surface area (Å²) in [5.74, 6) is -0.183. The number of amides is 1. The molecule has 0 radical (unpaired) electrons.